The number of halogens is 3. The Balaban J connectivity index is 2.53. The SMILES string of the molecule is O=Cc1ccc(-c2ccc(Br)c(Cl)c2Cl)cc1. The molecule has 0 atom stereocenters. The molecule has 0 aliphatic heterocycles. The number of hydrogen-bond donors (Lipinski definition) is 0. The lowest BCUT2D eigenvalue weighted by molar-refractivity contribution is 0.112. The molecule has 0 saturated heterocycles. The third-order valence-electron chi connectivity index (χ3n) is 2.39. The smallest absolute Gasteiger partial charge is 0.150 e. The van der Waals surface area contributed by atoms with Gasteiger partial charge in [-0.15, -0.1) is 0 Å². The first-order valence-corrected chi connectivity index (χ1v) is 6.37. The van der Waals surface area contributed by atoms with Crippen molar-refractivity contribution in [1.82, 2.24) is 0 Å². The van der Waals surface area contributed by atoms with Gasteiger partial charge in [0.15, 0.2) is 0 Å². The molecule has 0 bridgehead atoms. The Hall–Kier alpha value is -0.830. The van der Waals surface area contributed by atoms with Crippen LogP contribution in [0, 0.1) is 0 Å². The maximum atomic E-state index is 10.6. The minimum Gasteiger partial charge on any atom is -0.298 e. The summed E-state index contributed by atoms with van der Waals surface area (Å²) in [6.07, 6.45) is 0.806. The fourth-order valence-corrected chi connectivity index (χ4v) is 2.37. The van der Waals surface area contributed by atoms with Crippen molar-refractivity contribution in [3.8, 4) is 11.1 Å². The van der Waals surface area contributed by atoms with Gasteiger partial charge in [0.05, 0.1) is 10.0 Å². The number of rotatable bonds is 2. The Morgan fingerprint density at radius 1 is 0.941 bits per heavy atom. The molecular weight excluding hydrogens is 323 g/mol. The maximum absolute atomic E-state index is 10.6. The van der Waals surface area contributed by atoms with Crippen molar-refractivity contribution >= 4 is 45.4 Å². The summed E-state index contributed by atoms with van der Waals surface area (Å²) in [5.74, 6) is 0. The summed E-state index contributed by atoms with van der Waals surface area (Å²) < 4.78 is 0.762. The van der Waals surface area contributed by atoms with Crippen molar-refractivity contribution in [2.24, 2.45) is 0 Å². The lowest BCUT2D eigenvalue weighted by Crippen LogP contribution is -1.84. The molecule has 0 aliphatic rings. The molecular formula is C13H7BrCl2O. The third kappa shape index (κ3) is 2.54. The van der Waals surface area contributed by atoms with Gasteiger partial charge >= 0.3 is 0 Å². The Kier molecular flexibility index (Phi) is 3.87. The fourth-order valence-electron chi connectivity index (χ4n) is 1.49. The topological polar surface area (TPSA) is 17.1 Å². The standard InChI is InChI=1S/C13H7BrCl2O/c14-11-6-5-10(12(15)13(11)16)9-3-1-8(7-17)2-4-9/h1-7H. The van der Waals surface area contributed by atoms with Crippen LogP contribution in [0.15, 0.2) is 40.9 Å². The number of carbonyl (C=O) groups excluding carboxylic acids is 1. The molecule has 2 aromatic rings. The van der Waals surface area contributed by atoms with Gasteiger partial charge in [0, 0.05) is 15.6 Å². The molecule has 0 heterocycles. The molecule has 1 nitrogen and oxygen atoms in total. The van der Waals surface area contributed by atoms with E-state index in [4.69, 9.17) is 23.2 Å². The molecule has 86 valence electrons. The minimum absolute atomic E-state index is 0.489. The van der Waals surface area contributed by atoms with Crippen LogP contribution >= 0.6 is 39.1 Å². The third-order valence-corrected chi connectivity index (χ3v) is 4.16. The van der Waals surface area contributed by atoms with Crippen LogP contribution in [-0.2, 0) is 0 Å². The molecule has 0 aromatic heterocycles. The van der Waals surface area contributed by atoms with Gasteiger partial charge in [0.25, 0.3) is 0 Å². The van der Waals surface area contributed by atoms with Crippen molar-refractivity contribution in [2.45, 2.75) is 0 Å². The molecule has 0 amide bonds. The van der Waals surface area contributed by atoms with Gasteiger partial charge in [0.1, 0.15) is 6.29 Å². The zero-order valence-electron chi connectivity index (χ0n) is 8.58. The Morgan fingerprint density at radius 3 is 2.18 bits per heavy atom. The van der Waals surface area contributed by atoms with Gasteiger partial charge in [-0.25, -0.2) is 0 Å². The average molecular weight is 330 g/mol. The van der Waals surface area contributed by atoms with Gasteiger partial charge in [-0.05, 0) is 27.6 Å². The monoisotopic (exact) mass is 328 g/mol. The van der Waals surface area contributed by atoms with Gasteiger partial charge in [-0.3, -0.25) is 4.79 Å². The maximum Gasteiger partial charge on any atom is 0.150 e. The largest absolute Gasteiger partial charge is 0.298 e. The predicted molar refractivity (Wildman–Crippen MR) is 75.0 cm³/mol. The summed E-state index contributed by atoms with van der Waals surface area (Å²) in [7, 11) is 0. The second kappa shape index (κ2) is 5.21. The van der Waals surface area contributed by atoms with Gasteiger partial charge in [-0.1, -0.05) is 53.5 Å². The molecule has 0 radical (unpaired) electrons. The summed E-state index contributed by atoms with van der Waals surface area (Å²) in [6, 6.07) is 10.9. The lowest BCUT2D eigenvalue weighted by Gasteiger charge is -2.07. The quantitative estimate of drug-likeness (QED) is 0.544. The van der Waals surface area contributed by atoms with E-state index in [2.05, 4.69) is 15.9 Å². The van der Waals surface area contributed by atoms with Crippen LogP contribution in [0.1, 0.15) is 10.4 Å². The Bertz CT molecular complexity index is 564. The van der Waals surface area contributed by atoms with E-state index in [1.54, 1.807) is 12.1 Å². The number of carbonyl (C=O) groups is 1. The molecule has 17 heavy (non-hydrogen) atoms. The second-order valence-corrected chi connectivity index (χ2v) is 5.07. The summed E-state index contributed by atoms with van der Waals surface area (Å²) in [5, 5.41) is 0.989. The lowest BCUT2D eigenvalue weighted by atomic mass is 10.0. The van der Waals surface area contributed by atoms with Crippen molar-refractivity contribution in [3.05, 3.63) is 56.5 Å². The Morgan fingerprint density at radius 2 is 1.59 bits per heavy atom. The van der Waals surface area contributed by atoms with Gasteiger partial charge in [0.2, 0.25) is 0 Å². The highest BCUT2D eigenvalue weighted by Crippen LogP contribution is 2.37. The van der Waals surface area contributed by atoms with E-state index in [1.807, 2.05) is 24.3 Å². The molecule has 0 aliphatic carbocycles. The summed E-state index contributed by atoms with van der Waals surface area (Å²) in [4.78, 5) is 10.6. The van der Waals surface area contributed by atoms with Gasteiger partial charge < -0.3 is 0 Å². The second-order valence-electron chi connectivity index (χ2n) is 3.46. The molecule has 0 saturated carbocycles. The van der Waals surface area contributed by atoms with Crippen LogP contribution in [0.5, 0.6) is 0 Å². The minimum atomic E-state index is 0.489. The molecule has 0 N–H and O–H groups in total. The average Bonchev–Trinajstić information content (AvgIpc) is 2.36. The molecule has 0 fully saturated rings. The van der Waals surface area contributed by atoms with Crippen LogP contribution in [0.3, 0.4) is 0 Å². The zero-order chi connectivity index (χ0) is 12.4. The van der Waals surface area contributed by atoms with E-state index in [0.717, 1.165) is 21.9 Å². The van der Waals surface area contributed by atoms with Crippen molar-refractivity contribution in [1.29, 1.82) is 0 Å². The number of aldehydes is 1. The van der Waals surface area contributed by atoms with Crippen molar-refractivity contribution in [2.75, 3.05) is 0 Å². The zero-order valence-corrected chi connectivity index (χ0v) is 11.7. The fraction of sp³-hybridized carbons (Fsp3) is 0. The van der Waals surface area contributed by atoms with Crippen LogP contribution in [-0.4, -0.2) is 6.29 Å². The first-order chi connectivity index (χ1) is 8.13. The van der Waals surface area contributed by atoms with E-state index in [1.165, 1.54) is 0 Å². The van der Waals surface area contributed by atoms with E-state index in [0.29, 0.717) is 15.6 Å². The highest BCUT2D eigenvalue weighted by molar-refractivity contribution is 9.10. The molecule has 4 heteroatoms. The predicted octanol–water partition coefficient (Wildman–Crippen LogP) is 5.24. The van der Waals surface area contributed by atoms with Crippen molar-refractivity contribution in [3.63, 3.8) is 0 Å². The first-order valence-electron chi connectivity index (χ1n) is 4.82. The van der Waals surface area contributed by atoms with Crippen LogP contribution < -0.4 is 0 Å². The van der Waals surface area contributed by atoms with E-state index in [9.17, 15) is 4.79 Å². The number of benzene rings is 2. The summed E-state index contributed by atoms with van der Waals surface area (Å²) in [6.45, 7) is 0. The normalized spacial score (nSPS) is 10.3. The van der Waals surface area contributed by atoms with Crippen molar-refractivity contribution < 1.29 is 4.79 Å². The first kappa shape index (κ1) is 12.6. The van der Waals surface area contributed by atoms with Crippen LogP contribution in [0.25, 0.3) is 11.1 Å². The van der Waals surface area contributed by atoms with E-state index >= 15 is 0 Å². The molecule has 0 unspecified atom stereocenters. The summed E-state index contributed by atoms with van der Waals surface area (Å²) in [5.41, 5.74) is 2.40. The van der Waals surface area contributed by atoms with E-state index < -0.39 is 0 Å². The molecule has 2 aromatic carbocycles. The summed E-state index contributed by atoms with van der Waals surface area (Å²) >= 11 is 15.5. The highest BCUT2D eigenvalue weighted by atomic mass is 79.9. The van der Waals surface area contributed by atoms with Gasteiger partial charge in [-0.2, -0.15) is 0 Å². The number of hydrogen-bond acceptors (Lipinski definition) is 1. The molecule has 2 rings (SSSR count). The molecule has 0 spiro atoms. The highest BCUT2D eigenvalue weighted by Gasteiger charge is 2.09. The van der Waals surface area contributed by atoms with E-state index in [-0.39, 0.29) is 0 Å². The Labute approximate surface area is 117 Å². The van der Waals surface area contributed by atoms with Crippen LogP contribution in [0.4, 0.5) is 0 Å². The van der Waals surface area contributed by atoms with Crippen LogP contribution in [0.2, 0.25) is 10.0 Å².